The first-order valence-electron chi connectivity index (χ1n) is 9.59. The summed E-state index contributed by atoms with van der Waals surface area (Å²) < 4.78 is 31.1. The van der Waals surface area contributed by atoms with Gasteiger partial charge in [-0.1, -0.05) is 6.07 Å². The van der Waals surface area contributed by atoms with E-state index < -0.39 is 22.0 Å². The number of methoxy groups -OCH3 is 1. The molecule has 0 unspecified atom stereocenters. The van der Waals surface area contributed by atoms with Gasteiger partial charge in [-0.15, -0.1) is 0 Å². The van der Waals surface area contributed by atoms with Crippen LogP contribution in [0.1, 0.15) is 19.8 Å². The second kappa shape index (κ2) is 8.73. The van der Waals surface area contributed by atoms with E-state index in [9.17, 15) is 13.2 Å². The minimum atomic E-state index is -3.69. The van der Waals surface area contributed by atoms with Crippen LogP contribution in [0.5, 0.6) is 5.75 Å². The van der Waals surface area contributed by atoms with Gasteiger partial charge in [-0.05, 0) is 56.2 Å². The van der Waals surface area contributed by atoms with Crippen molar-refractivity contribution in [1.29, 1.82) is 0 Å². The van der Waals surface area contributed by atoms with E-state index >= 15 is 0 Å². The average Bonchev–Trinajstić information content (AvgIpc) is 3.22. The summed E-state index contributed by atoms with van der Waals surface area (Å²) in [5, 5.41) is 2.82. The van der Waals surface area contributed by atoms with Gasteiger partial charge in [-0.3, -0.25) is 9.10 Å². The summed E-state index contributed by atoms with van der Waals surface area (Å²) >= 11 is 0. The summed E-state index contributed by atoms with van der Waals surface area (Å²) in [6.07, 6.45) is 3.48. The first kappa shape index (κ1) is 21.0. The van der Waals surface area contributed by atoms with Crippen molar-refractivity contribution in [2.75, 3.05) is 41.0 Å². The van der Waals surface area contributed by atoms with Gasteiger partial charge in [0, 0.05) is 30.5 Å². The summed E-state index contributed by atoms with van der Waals surface area (Å²) in [6, 6.07) is 13.3. The number of rotatable bonds is 7. The van der Waals surface area contributed by atoms with Gasteiger partial charge in [0.1, 0.15) is 11.8 Å². The first-order chi connectivity index (χ1) is 13.8. The Hall–Kier alpha value is -2.74. The maximum absolute atomic E-state index is 12.8. The predicted octanol–water partition coefficient (Wildman–Crippen LogP) is 3.09. The van der Waals surface area contributed by atoms with Crippen LogP contribution in [0.3, 0.4) is 0 Å². The molecule has 3 rings (SSSR count). The van der Waals surface area contributed by atoms with Gasteiger partial charge in [-0.2, -0.15) is 0 Å². The van der Waals surface area contributed by atoms with Crippen LogP contribution < -0.4 is 19.3 Å². The predicted molar refractivity (Wildman–Crippen MR) is 116 cm³/mol. The fraction of sp³-hybridized carbons (Fsp3) is 0.381. The number of carbonyl (C=O) groups is 1. The summed E-state index contributed by atoms with van der Waals surface area (Å²) in [6.45, 7) is 3.66. The number of carbonyl (C=O) groups excluding carboxylic acids is 1. The van der Waals surface area contributed by atoms with Crippen molar-refractivity contribution in [3.63, 3.8) is 0 Å². The van der Waals surface area contributed by atoms with E-state index in [0.717, 1.165) is 29.3 Å². The molecule has 0 aliphatic carbocycles. The second-order valence-corrected chi connectivity index (χ2v) is 9.03. The zero-order chi connectivity index (χ0) is 21.0. The number of benzene rings is 2. The third-order valence-corrected chi connectivity index (χ3v) is 6.24. The highest BCUT2D eigenvalue weighted by Crippen LogP contribution is 2.26. The van der Waals surface area contributed by atoms with Crippen molar-refractivity contribution < 1.29 is 17.9 Å². The Morgan fingerprint density at radius 2 is 1.79 bits per heavy atom. The molecule has 1 aliphatic heterocycles. The topological polar surface area (TPSA) is 79.0 Å². The van der Waals surface area contributed by atoms with Crippen molar-refractivity contribution in [2.45, 2.75) is 25.8 Å². The first-order valence-corrected chi connectivity index (χ1v) is 11.4. The van der Waals surface area contributed by atoms with Gasteiger partial charge in [0.25, 0.3) is 0 Å². The van der Waals surface area contributed by atoms with Gasteiger partial charge < -0.3 is 15.0 Å². The third kappa shape index (κ3) is 5.00. The van der Waals surface area contributed by atoms with Crippen LogP contribution in [0.25, 0.3) is 0 Å². The number of hydrogen-bond acceptors (Lipinski definition) is 5. The Labute approximate surface area is 172 Å². The van der Waals surface area contributed by atoms with E-state index in [1.807, 2.05) is 24.3 Å². The quantitative estimate of drug-likeness (QED) is 0.749. The number of ether oxygens (including phenoxy) is 1. The normalized spacial score (nSPS) is 15.1. The van der Waals surface area contributed by atoms with E-state index in [1.165, 1.54) is 20.0 Å². The number of anilines is 3. The maximum Gasteiger partial charge on any atom is 0.247 e. The van der Waals surface area contributed by atoms with E-state index in [4.69, 9.17) is 4.74 Å². The molecule has 1 amide bonds. The Morgan fingerprint density at radius 1 is 1.14 bits per heavy atom. The molecule has 7 nitrogen and oxygen atoms in total. The maximum atomic E-state index is 12.8. The van der Waals surface area contributed by atoms with Crippen molar-refractivity contribution in [1.82, 2.24) is 0 Å². The molecule has 1 aliphatic rings. The Morgan fingerprint density at radius 3 is 2.38 bits per heavy atom. The molecule has 1 fully saturated rings. The van der Waals surface area contributed by atoms with Gasteiger partial charge >= 0.3 is 0 Å². The van der Waals surface area contributed by atoms with Gasteiger partial charge in [0.05, 0.1) is 19.1 Å². The Kier molecular flexibility index (Phi) is 6.32. The number of sulfonamides is 1. The lowest BCUT2D eigenvalue weighted by Gasteiger charge is -2.28. The number of amides is 1. The van der Waals surface area contributed by atoms with Crippen LogP contribution in [0, 0.1) is 0 Å². The zero-order valence-electron chi connectivity index (χ0n) is 17.0. The largest absolute Gasteiger partial charge is 0.497 e. The molecule has 29 heavy (non-hydrogen) atoms. The standard InChI is InChI=1S/C21H27N3O4S/c1-16(24(29(3,26)27)19-7-6-8-20(15-19)28-2)21(25)22-17-9-11-18(12-10-17)23-13-4-5-14-23/h6-12,15-16H,4-5,13-14H2,1-3H3,(H,22,25)/t16-/m1/s1. The van der Waals surface area contributed by atoms with Crippen molar-refractivity contribution >= 4 is 33.0 Å². The minimum absolute atomic E-state index is 0.374. The molecular formula is C21H27N3O4S. The SMILES string of the molecule is COc1cccc(N([C@H](C)C(=O)Nc2ccc(N3CCCC3)cc2)S(C)(=O)=O)c1. The highest BCUT2D eigenvalue weighted by molar-refractivity contribution is 7.92. The van der Waals surface area contributed by atoms with E-state index in [0.29, 0.717) is 17.1 Å². The third-order valence-electron chi connectivity index (χ3n) is 5.00. The molecule has 0 bridgehead atoms. The van der Waals surface area contributed by atoms with Crippen LogP contribution in [0.2, 0.25) is 0 Å². The molecule has 1 N–H and O–H groups in total. The number of nitrogens with one attached hydrogen (secondary N) is 1. The minimum Gasteiger partial charge on any atom is -0.497 e. The fourth-order valence-corrected chi connectivity index (χ4v) is 4.70. The van der Waals surface area contributed by atoms with E-state index in [2.05, 4.69) is 10.2 Å². The highest BCUT2D eigenvalue weighted by Gasteiger charge is 2.29. The van der Waals surface area contributed by atoms with Crippen LogP contribution in [-0.4, -0.2) is 46.8 Å². The molecule has 0 spiro atoms. The smallest absolute Gasteiger partial charge is 0.247 e. The second-order valence-electron chi connectivity index (χ2n) is 7.17. The van der Waals surface area contributed by atoms with Crippen molar-refractivity contribution in [2.24, 2.45) is 0 Å². The summed E-state index contributed by atoms with van der Waals surface area (Å²) in [4.78, 5) is 15.1. The molecule has 1 heterocycles. The molecule has 0 aromatic heterocycles. The van der Waals surface area contributed by atoms with Gasteiger partial charge in [0.15, 0.2) is 0 Å². The molecule has 1 atom stereocenters. The number of hydrogen-bond donors (Lipinski definition) is 1. The van der Waals surface area contributed by atoms with Crippen LogP contribution in [-0.2, 0) is 14.8 Å². The van der Waals surface area contributed by atoms with Crippen LogP contribution in [0.4, 0.5) is 17.1 Å². The van der Waals surface area contributed by atoms with Crippen molar-refractivity contribution in [3.05, 3.63) is 48.5 Å². The molecule has 8 heteroatoms. The monoisotopic (exact) mass is 417 g/mol. The van der Waals surface area contributed by atoms with Crippen LogP contribution >= 0.6 is 0 Å². The molecule has 1 saturated heterocycles. The fourth-order valence-electron chi connectivity index (χ4n) is 3.53. The summed E-state index contributed by atoms with van der Waals surface area (Å²) in [7, 11) is -2.18. The van der Waals surface area contributed by atoms with E-state index in [-0.39, 0.29) is 0 Å². The van der Waals surface area contributed by atoms with E-state index in [1.54, 1.807) is 31.2 Å². The number of nitrogens with zero attached hydrogens (tertiary/aromatic N) is 2. The summed E-state index contributed by atoms with van der Waals surface area (Å²) in [5.74, 6) is 0.105. The molecular weight excluding hydrogens is 390 g/mol. The molecule has 2 aromatic carbocycles. The van der Waals surface area contributed by atoms with Crippen molar-refractivity contribution in [3.8, 4) is 5.75 Å². The average molecular weight is 418 g/mol. The zero-order valence-corrected chi connectivity index (χ0v) is 17.8. The Bertz CT molecular complexity index is 954. The van der Waals surface area contributed by atoms with Crippen LogP contribution in [0.15, 0.2) is 48.5 Å². The lowest BCUT2D eigenvalue weighted by molar-refractivity contribution is -0.116. The molecule has 156 valence electrons. The Balaban J connectivity index is 1.77. The lowest BCUT2D eigenvalue weighted by atomic mass is 10.2. The molecule has 2 aromatic rings. The van der Waals surface area contributed by atoms with Gasteiger partial charge in [0.2, 0.25) is 15.9 Å². The lowest BCUT2D eigenvalue weighted by Crippen LogP contribution is -2.45. The van der Waals surface area contributed by atoms with Gasteiger partial charge in [-0.25, -0.2) is 8.42 Å². The molecule has 0 radical (unpaired) electrons. The summed E-state index contributed by atoms with van der Waals surface area (Å²) in [5.41, 5.74) is 2.13. The molecule has 0 saturated carbocycles. The highest BCUT2D eigenvalue weighted by atomic mass is 32.2.